The van der Waals surface area contributed by atoms with E-state index in [0.717, 1.165) is 23.8 Å². The second-order valence-corrected chi connectivity index (χ2v) is 4.46. The number of hydrogen-bond donors (Lipinski definition) is 1. The molecule has 0 unspecified atom stereocenters. The highest BCUT2D eigenvalue weighted by atomic mass is 16.3. The number of furan rings is 1. The van der Waals surface area contributed by atoms with E-state index in [2.05, 4.69) is 0 Å². The number of para-hydroxylation sites is 1. The molecule has 0 amide bonds. The molecular weight excluding hydrogens is 202 g/mol. The normalized spacial score (nSPS) is 17.6. The molecule has 82 valence electrons. The number of nitrogens with two attached hydrogens (primary N) is 1. The molecule has 2 aromatic rings. The summed E-state index contributed by atoms with van der Waals surface area (Å²) in [5.41, 5.74) is 6.08. The molecule has 1 aromatic carbocycles. The molecule has 1 aliphatic rings. The lowest BCUT2D eigenvalue weighted by molar-refractivity contribution is 0.0879. The van der Waals surface area contributed by atoms with Crippen LogP contribution in [0, 0.1) is 5.41 Å². The second kappa shape index (κ2) is 3.19. The molecule has 3 rings (SSSR count). The van der Waals surface area contributed by atoms with Crippen LogP contribution in [0.4, 0.5) is 0 Å². The fourth-order valence-corrected chi connectivity index (χ4v) is 2.03. The smallest absolute Gasteiger partial charge is 0.205 e. The first-order valence-electron chi connectivity index (χ1n) is 5.49. The van der Waals surface area contributed by atoms with Gasteiger partial charge in [-0.05, 0) is 25.0 Å². The third kappa shape index (κ3) is 1.28. The van der Waals surface area contributed by atoms with Crippen LogP contribution >= 0.6 is 0 Å². The Morgan fingerprint density at radius 2 is 2.12 bits per heavy atom. The Labute approximate surface area is 93.2 Å². The Morgan fingerprint density at radius 1 is 1.38 bits per heavy atom. The number of carbonyl (C=O) groups is 1. The van der Waals surface area contributed by atoms with Crippen molar-refractivity contribution < 1.29 is 9.21 Å². The van der Waals surface area contributed by atoms with Crippen molar-refractivity contribution in [2.24, 2.45) is 11.1 Å². The second-order valence-electron chi connectivity index (χ2n) is 4.46. The van der Waals surface area contributed by atoms with Gasteiger partial charge in [0, 0.05) is 17.3 Å². The van der Waals surface area contributed by atoms with Crippen LogP contribution in [0.25, 0.3) is 11.0 Å². The number of rotatable bonds is 3. The first-order chi connectivity index (χ1) is 7.75. The van der Waals surface area contributed by atoms with Gasteiger partial charge in [0.2, 0.25) is 5.78 Å². The highest BCUT2D eigenvalue weighted by molar-refractivity contribution is 6.03. The van der Waals surface area contributed by atoms with Gasteiger partial charge in [-0.25, -0.2) is 0 Å². The van der Waals surface area contributed by atoms with Crippen LogP contribution in [0.2, 0.25) is 0 Å². The van der Waals surface area contributed by atoms with Gasteiger partial charge in [-0.2, -0.15) is 0 Å². The first kappa shape index (κ1) is 9.60. The van der Waals surface area contributed by atoms with Crippen LogP contribution in [0.15, 0.2) is 34.7 Å². The van der Waals surface area contributed by atoms with Crippen LogP contribution in [0.5, 0.6) is 0 Å². The van der Waals surface area contributed by atoms with Gasteiger partial charge in [0.15, 0.2) is 5.76 Å². The molecule has 0 atom stereocenters. The van der Waals surface area contributed by atoms with Gasteiger partial charge in [0.25, 0.3) is 0 Å². The minimum Gasteiger partial charge on any atom is -0.453 e. The van der Waals surface area contributed by atoms with Crippen molar-refractivity contribution in [2.45, 2.75) is 12.8 Å². The average Bonchev–Trinajstić information content (AvgIpc) is 3.00. The Kier molecular flexibility index (Phi) is 1.91. The van der Waals surface area contributed by atoms with Crippen molar-refractivity contribution in [3.05, 3.63) is 36.1 Å². The van der Waals surface area contributed by atoms with Gasteiger partial charge in [-0.1, -0.05) is 18.2 Å². The molecule has 0 radical (unpaired) electrons. The summed E-state index contributed by atoms with van der Waals surface area (Å²) in [6, 6.07) is 9.46. The van der Waals surface area contributed by atoms with Crippen molar-refractivity contribution in [3.8, 4) is 0 Å². The van der Waals surface area contributed by atoms with Gasteiger partial charge >= 0.3 is 0 Å². The van der Waals surface area contributed by atoms with E-state index in [1.54, 1.807) is 0 Å². The fraction of sp³-hybridized carbons (Fsp3) is 0.308. The van der Waals surface area contributed by atoms with E-state index in [4.69, 9.17) is 10.2 Å². The van der Waals surface area contributed by atoms with Crippen LogP contribution in [-0.4, -0.2) is 12.3 Å². The lowest BCUT2D eigenvalue weighted by Gasteiger charge is -2.07. The Balaban J connectivity index is 2.03. The molecule has 1 aromatic heterocycles. The molecule has 0 spiro atoms. The molecule has 0 bridgehead atoms. The summed E-state index contributed by atoms with van der Waals surface area (Å²) in [7, 11) is 0. The summed E-state index contributed by atoms with van der Waals surface area (Å²) in [6.07, 6.45) is 1.78. The number of ketones is 1. The van der Waals surface area contributed by atoms with Crippen LogP contribution in [0.3, 0.4) is 0 Å². The number of benzene rings is 1. The summed E-state index contributed by atoms with van der Waals surface area (Å²) >= 11 is 0. The fourth-order valence-electron chi connectivity index (χ4n) is 2.03. The molecule has 1 aliphatic carbocycles. The molecule has 3 heteroatoms. The predicted octanol–water partition coefficient (Wildman–Crippen LogP) is 2.35. The number of carbonyl (C=O) groups excluding carboxylic acids is 1. The number of fused-ring (bicyclic) bond motifs is 1. The van der Waals surface area contributed by atoms with E-state index in [-0.39, 0.29) is 11.2 Å². The van der Waals surface area contributed by atoms with Crippen molar-refractivity contribution in [1.29, 1.82) is 0 Å². The van der Waals surface area contributed by atoms with E-state index < -0.39 is 0 Å². The summed E-state index contributed by atoms with van der Waals surface area (Å²) < 4.78 is 5.55. The summed E-state index contributed by atoms with van der Waals surface area (Å²) in [5.74, 6) is 0.510. The third-order valence-corrected chi connectivity index (χ3v) is 3.38. The highest BCUT2D eigenvalue weighted by Crippen LogP contribution is 2.47. The lowest BCUT2D eigenvalue weighted by atomic mass is 9.99. The standard InChI is InChI=1S/C13H13NO2/c14-8-13(5-6-13)12(15)11-7-9-3-1-2-4-10(9)16-11/h1-4,7H,5-6,8,14H2. The summed E-state index contributed by atoms with van der Waals surface area (Å²) in [6.45, 7) is 0.420. The van der Waals surface area contributed by atoms with E-state index in [9.17, 15) is 4.79 Å². The maximum Gasteiger partial charge on any atom is 0.205 e. The van der Waals surface area contributed by atoms with E-state index in [1.807, 2.05) is 30.3 Å². The summed E-state index contributed by atoms with van der Waals surface area (Å²) in [5, 5.41) is 0.971. The van der Waals surface area contributed by atoms with Crippen molar-refractivity contribution in [2.75, 3.05) is 6.54 Å². The zero-order chi connectivity index (χ0) is 11.2. The Morgan fingerprint density at radius 3 is 2.75 bits per heavy atom. The summed E-state index contributed by atoms with van der Waals surface area (Å²) in [4.78, 5) is 12.2. The highest BCUT2D eigenvalue weighted by Gasteiger charge is 2.49. The molecule has 0 saturated heterocycles. The molecular formula is C13H13NO2. The maximum atomic E-state index is 12.2. The molecule has 3 nitrogen and oxygen atoms in total. The van der Waals surface area contributed by atoms with Gasteiger partial charge in [0.05, 0.1) is 0 Å². The van der Waals surface area contributed by atoms with E-state index in [0.29, 0.717) is 12.3 Å². The SMILES string of the molecule is NCC1(C(=O)c2cc3ccccc3o2)CC1. The maximum absolute atomic E-state index is 12.2. The minimum absolute atomic E-state index is 0.0613. The largest absolute Gasteiger partial charge is 0.453 e. The van der Waals surface area contributed by atoms with E-state index in [1.165, 1.54) is 0 Å². The van der Waals surface area contributed by atoms with Gasteiger partial charge in [0.1, 0.15) is 5.58 Å². The zero-order valence-electron chi connectivity index (χ0n) is 8.90. The first-order valence-corrected chi connectivity index (χ1v) is 5.49. The number of hydrogen-bond acceptors (Lipinski definition) is 3. The monoisotopic (exact) mass is 215 g/mol. The van der Waals surface area contributed by atoms with Crippen molar-refractivity contribution in [3.63, 3.8) is 0 Å². The predicted molar refractivity (Wildman–Crippen MR) is 61.3 cm³/mol. The Hall–Kier alpha value is -1.61. The van der Waals surface area contributed by atoms with Crippen LogP contribution in [0.1, 0.15) is 23.4 Å². The van der Waals surface area contributed by atoms with Gasteiger partial charge < -0.3 is 10.2 Å². The van der Waals surface area contributed by atoms with Crippen LogP contribution in [-0.2, 0) is 0 Å². The minimum atomic E-state index is -0.326. The van der Waals surface area contributed by atoms with E-state index >= 15 is 0 Å². The molecule has 1 fully saturated rings. The average molecular weight is 215 g/mol. The topological polar surface area (TPSA) is 56.2 Å². The molecule has 16 heavy (non-hydrogen) atoms. The van der Waals surface area contributed by atoms with Crippen LogP contribution < -0.4 is 5.73 Å². The Bertz CT molecular complexity index is 519. The quantitative estimate of drug-likeness (QED) is 0.799. The lowest BCUT2D eigenvalue weighted by Crippen LogP contribution is -2.24. The van der Waals surface area contributed by atoms with Gasteiger partial charge in [-0.15, -0.1) is 0 Å². The third-order valence-electron chi connectivity index (χ3n) is 3.38. The molecule has 2 N–H and O–H groups in total. The molecule has 1 heterocycles. The van der Waals surface area contributed by atoms with Crippen molar-refractivity contribution >= 4 is 16.8 Å². The number of Topliss-reactive ketones (excluding diaryl/α,β-unsaturated/α-hetero) is 1. The van der Waals surface area contributed by atoms with Crippen molar-refractivity contribution in [1.82, 2.24) is 0 Å². The molecule has 0 aliphatic heterocycles. The molecule has 1 saturated carbocycles. The van der Waals surface area contributed by atoms with Gasteiger partial charge in [-0.3, -0.25) is 4.79 Å². The zero-order valence-corrected chi connectivity index (χ0v) is 8.90.